The van der Waals surface area contributed by atoms with Crippen molar-refractivity contribution in [3.05, 3.63) is 54.7 Å². The van der Waals surface area contributed by atoms with Crippen molar-refractivity contribution in [3.8, 4) is 0 Å². The molecule has 0 radical (unpaired) electrons. The van der Waals surface area contributed by atoms with Crippen LogP contribution in [0.5, 0.6) is 0 Å². The Kier molecular flexibility index (Phi) is 4.42. The lowest BCUT2D eigenvalue weighted by Gasteiger charge is -2.03. The lowest BCUT2D eigenvalue weighted by Crippen LogP contribution is -2.22. The Bertz CT molecular complexity index is 541. The highest BCUT2D eigenvalue weighted by Crippen LogP contribution is 2.21. The van der Waals surface area contributed by atoms with Crippen molar-refractivity contribution in [2.75, 3.05) is 0 Å². The lowest BCUT2D eigenvalue weighted by molar-refractivity contribution is 0.0951. The molecule has 2 nitrogen and oxygen atoms in total. The van der Waals surface area contributed by atoms with Crippen LogP contribution in [0.2, 0.25) is 4.34 Å². The quantitative estimate of drug-likeness (QED) is 0.807. The molecule has 0 fully saturated rings. The number of nitrogens with one attached hydrogen (secondary N) is 1. The summed E-state index contributed by atoms with van der Waals surface area (Å²) in [4.78, 5) is 12.9. The summed E-state index contributed by atoms with van der Waals surface area (Å²) in [7, 11) is 0. The van der Waals surface area contributed by atoms with Crippen LogP contribution in [0, 0.1) is 3.57 Å². The second-order valence-corrected chi connectivity index (χ2v) is 6.44. The number of halogens is 2. The first-order valence-electron chi connectivity index (χ1n) is 4.93. The average Bonchev–Trinajstić information content (AvgIpc) is 2.72. The molecule has 17 heavy (non-hydrogen) atoms. The van der Waals surface area contributed by atoms with Gasteiger partial charge in [-0.3, -0.25) is 4.79 Å². The number of thiophene rings is 1. The predicted octanol–water partition coefficient (Wildman–Crippen LogP) is 3.94. The minimum atomic E-state index is -0.0620. The van der Waals surface area contributed by atoms with Gasteiger partial charge in [-0.05, 0) is 52.9 Å². The van der Waals surface area contributed by atoms with Crippen molar-refractivity contribution in [2.45, 2.75) is 6.54 Å². The van der Waals surface area contributed by atoms with Gasteiger partial charge in [0, 0.05) is 14.0 Å². The van der Waals surface area contributed by atoms with Gasteiger partial charge in [0.1, 0.15) is 0 Å². The minimum absolute atomic E-state index is 0.0620. The smallest absolute Gasteiger partial charge is 0.251 e. The van der Waals surface area contributed by atoms with Crippen LogP contribution in [0.1, 0.15) is 15.2 Å². The first-order valence-corrected chi connectivity index (χ1v) is 7.20. The Morgan fingerprint density at radius 2 is 2.18 bits per heavy atom. The van der Waals surface area contributed by atoms with Crippen molar-refractivity contribution in [2.24, 2.45) is 0 Å². The van der Waals surface area contributed by atoms with Crippen LogP contribution < -0.4 is 5.32 Å². The Balaban J connectivity index is 1.98. The van der Waals surface area contributed by atoms with E-state index in [9.17, 15) is 4.79 Å². The van der Waals surface area contributed by atoms with E-state index in [4.69, 9.17) is 11.6 Å². The van der Waals surface area contributed by atoms with Gasteiger partial charge < -0.3 is 5.32 Å². The van der Waals surface area contributed by atoms with E-state index < -0.39 is 0 Å². The van der Waals surface area contributed by atoms with Crippen molar-refractivity contribution in [1.82, 2.24) is 5.32 Å². The largest absolute Gasteiger partial charge is 0.347 e. The molecule has 2 aromatic rings. The molecule has 0 saturated carbocycles. The molecule has 0 unspecified atom stereocenters. The second kappa shape index (κ2) is 5.84. The summed E-state index contributed by atoms with van der Waals surface area (Å²) in [5.41, 5.74) is 0.680. The first-order chi connectivity index (χ1) is 8.15. The summed E-state index contributed by atoms with van der Waals surface area (Å²) in [6.45, 7) is 0.516. The molecule has 2 rings (SSSR count). The van der Waals surface area contributed by atoms with Crippen LogP contribution in [-0.2, 0) is 6.54 Å². The molecule has 1 aromatic carbocycles. The molecule has 0 aliphatic heterocycles. The molecular formula is C12H9ClINOS. The molecule has 1 aromatic heterocycles. The highest BCUT2D eigenvalue weighted by molar-refractivity contribution is 14.1. The summed E-state index contributed by atoms with van der Waals surface area (Å²) in [5.74, 6) is -0.0620. The molecule has 88 valence electrons. The van der Waals surface area contributed by atoms with Gasteiger partial charge in [-0.25, -0.2) is 0 Å². The number of hydrogen-bond acceptors (Lipinski definition) is 2. The molecule has 1 heterocycles. The standard InChI is InChI=1S/C12H9ClINOS/c13-11-5-4-10(17-11)7-15-12(16)8-2-1-3-9(14)6-8/h1-6H,7H2,(H,15,16). The van der Waals surface area contributed by atoms with E-state index in [1.165, 1.54) is 11.3 Å². The summed E-state index contributed by atoms with van der Waals surface area (Å²) >= 11 is 9.48. The average molecular weight is 378 g/mol. The fourth-order valence-electron chi connectivity index (χ4n) is 1.35. The Hall–Kier alpha value is -0.590. The lowest BCUT2D eigenvalue weighted by atomic mass is 10.2. The predicted molar refractivity (Wildman–Crippen MR) is 79.7 cm³/mol. The van der Waals surface area contributed by atoms with Crippen molar-refractivity contribution in [3.63, 3.8) is 0 Å². The molecule has 0 aliphatic carbocycles. The molecule has 0 atom stereocenters. The van der Waals surface area contributed by atoms with Gasteiger partial charge in [0.2, 0.25) is 0 Å². The zero-order chi connectivity index (χ0) is 12.3. The van der Waals surface area contributed by atoms with Crippen LogP contribution in [-0.4, -0.2) is 5.91 Å². The molecule has 1 N–H and O–H groups in total. The van der Waals surface area contributed by atoms with E-state index in [1.807, 2.05) is 30.3 Å². The summed E-state index contributed by atoms with van der Waals surface area (Å²) < 4.78 is 1.79. The van der Waals surface area contributed by atoms with Crippen molar-refractivity contribution in [1.29, 1.82) is 0 Å². The normalized spacial score (nSPS) is 10.2. The number of amides is 1. The maximum atomic E-state index is 11.8. The van der Waals surface area contributed by atoms with Gasteiger partial charge in [0.25, 0.3) is 5.91 Å². The van der Waals surface area contributed by atoms with Crippen LogP contribution in [0.4, 0.5) is 0 Å². The van der Waals surface area contributed by atoms with Gasteiger partial charge in [0.15, 0.2) is 0 Å². The number of carbonyl (C=O) groups excluding carboxylic acids is 1. The molecule has 0 spiro atoms. The van der Waals surface area contributed by atoms with Gasteiger partial charge >= 0.3 is 0 Å². The molecule has 5 heteroatoms. The van der Waals surface area contributed by atoms with E-state index in [-0.39, 0.29) is 5.91 Å². The maximum absolute atomic E-state index is 11.8. The van der Waals surface area contributed by atoms with Gasteiger partial charge in [-0.15, -0.1) is 11.3 Å². The topological polar surface area (TPSA) is 29.1 Å². The van der Waals surface area contributed by atoms with Crippen LogP contribution in [0.3, 0.4) is 0 Å². The molecular weight excluding hydrogens is 369 g/mol. The molecule has 0 bridgehead atoms. The van der Waals surface area contributed by atoms with E-state index in [2.05, 4.69) is 27.9 Å². The zero-order valence-corrected chi connectivity index (χ0v) is 12.5. The Morgan fingerprint density at radius 1 is 1.35 bits per heavy atom. The van der Waals surface area contributed by atoms with Crippen LogP contribution in [0.25, 0.3) is 0 Å². The van der Waals surface area contributed by atoms with Crippen molar-refractivity contribution < 1.29 is 4.79 Å². The first kappa shape index (κ1) is 12.9. The number of benzene rings is 1. The number of rotatable bonds is 3. The van der Waals surface area contributed by atoms with E-state index in [0.29, 0.717) is 12.1 Å². The van der Waals surface area contributed by atoms with E-state index in [0.717, 1.165) is 12.8 Å². The maximum Gasteiger partial charge on any atom is 0.251 e. The third-order valence-corrected chi connectivity index (χ3v) is 4.04. The van der Waals surface area contributed by atoms with Crippen molar-refractivity contribution >= 4 is 51.4 Å². The fourth-order valence-corrected chi connectivity index (χ4v) is 2.92. The molecule has 1 amide bonds. The van der Waals surface area contributed by atoms with E-state index >= 15 is 0 Å². The van der Waals surface area contributed by atoms with Crippen LogP contribution >= 0.6 is 45.5 Å². The van der Waals surface area contributed by atoms with Gasteiger partial charge in [-0.2, -0.15) is 0 Å². The summed E-state index contributed by atoms with van der Waals surface area (Å²) in [6.07, 6.45) is 0. The SMILES string of the molecule is O=C(NCc1ccc(Cl)s1)c1cccc(I)c1. The summed E-state index contributed by atoms with van der Waals surface area (Å²) in [6, 6.07) is 11.2. The zero-order valence-electron chi connectivity index (χ0n) is 8.74. The molecule has 0 saturated heterocycles. The second-order valence-electron chi connectivity index (χ2n) is 3.40. The summed E-state index contributed by atoms with van der Waals surface area (Å²) in [5, 5.41) is 2.87. The Labute approximate surface area is 122 Å². The molecule has 0 aliphatic rings. The highest BCUT2D eigenvalue weighted by Gasteiger charge is 2.06. The van der Waals surface area contributed by atoms with E-state index in [1.54, 1.807) is 6.07 Å². The Morgan fingerprint density at radius 3 is 2.82 bits per heavy atom. The highest BCUT2D eigenvalue weighted by atomic mass is 127. The number of carbonyl (C=O) groups is 1. The third kappa shape index (κ3) is 3.69. The van der Waals surface area contributed by atoms with Gasteiger partial charge in [0.05, 0.1) is 10.9 Å². The fraction of sp³-hybridized carbons (Fsp3) is 0.0833. The van der Waals surface area contributed by atoms with Crippen LogP contribution in [0.15, 0.2) is 36.4 Å². The monoisotopic (exact) mass is 377 g/mol. The van der Waals surface area contributed by atoms with Gasteiger partial charge in [-0.1, -0.05) is 17.7 Å². The third-order valence-electron chi connectivity index (χ3n) is 2.14. The minimum Gasteiger partial charge on any atom is -0.347 e. The number of hydrogen-bond donors (Lipinski definition) is 1.